The zero-order valence-corrected chi connectivity index (χ0v) is 29.3. The lowest BCUT2D eigenvalue weighted by atomic mass is 9.89. The third kappa shape index (κ3) is 6.53. The van der Waals surface area contributed by atoms with Crippen molar-refractivity contribution >= 4 is 27.8 Å². The zero-order chi connectivity index (χ0) is 35.4. The number of anilines is 3. The van der Waals surface area contributed by atoms with Crippen molar-refractivity contribution in [3.05, 3.63) is 224 Å². The van der Waals surface area contributed by atoms with E-state index in [1.54, 1.807) is 0 Å². The number of nitrogens with zero attached hydrogens (tertiary/aromatic N) is 1. The summed E-state index contributed by atoms with van der Waals surface area (Å²) in [6, 6.07) is 80.7. The Labute approximate surface area is 311 Å². The van der Waals surface area contributed by atoms with Gasteiger partial charge in [0.15, 0.2) is 0 Å². The van der Waals surface area contributed by atoms with Gasteiger partial charge in [-0.25, -0.2) is 0 Å². The van der Waals surface area contributed by atoms with Gasteiger partial charge in [0.1, 0.15) is 0 Å². The molecule has 0 unspecified atom stereocenters. The molecule has 0 atom stereocenters. The summed E-state index contributed by atoms with van der Waals surface area (Å²) in [5.74, 6) is 0. The van der Waals surface area contributed by atoms with Crippen LogP contribution in [0.1, 0.15) is 0 Å². The van der Waals surface area contributed by atoms with E-state index in [9.17, 15) is 0 Å². The maximum absolute atomic E-state index is 2.35. The van der Waals surface area contributed by atoms with E-state index >= 15 is 0 Å². The average molecular weight is 676 g/mol. The van der Waals surface area contributed by atoms with Crippen LogP contribution in [0.3, 0.4) is 0 Å². The average Bonchev–Trinajstić information content (AvgIpc) is 3.25. The number of rotatable bonds is 8. The molecule has 0 fully saturated rings. The lowest BCUT2D eigenvalue weighted by Crippen LogP contribution is -2.09. The maximum atomic E-state index is 2.35. The Morgan fingerprint density at radius 3 is 1.25 bits per heavy atom. The monoisotopic (exact) mass is 675 g/mol. The highest BCUT2D eigenvalue weighted by Gasteiger charge is 2.15. The van der Waals surface area contributed by atoms with Crippen LogP contribution in [-0.4, -0.2) is 0 Å². The van der Waals surface area contributed by atoms with Crippen molar-refractivity contribution in [3.8, 4) is 55.6 Å². The third-order valence-electron chi connectivity index (χ3n) is 10.1. The van der Waals surface area contributed by atoms with Crippen LogP contribution in [-0.2, 0) is 0 Å². The van der Waals surface area contributed by atoms with Gasteiger partial charge in [0.05, 0.1) is 0 Å². The van der Waals surface area contributed by atoms with Gasteiger partial charge in [-0.05, 0) is 109 Å². The molecule has 53 heavy (non-hydrogen) atoms. The molecule has 0 aliphatic heterocycles. The summed E-state index contributed by atoms with van der Waals surface area (Å²) in [5.41, 5.74) is 15.5. The SMILES string of the molecule is c1ccc(-c2ccc(-c3ccc(N(c4ccccc4)c4ccc(-c5ccc(-c6cccc7ccccc67)c(-c6ccccc6)c5)cc4)cc3)cc2)cc1. The molecule has 9 aromatic rings. The molecule has 0 spiro atoms. The quantitative estimate of drug-likeness (QED) is 0.155. The van der Waals surface area contributed by atoms with Crippen molar-refractivity contribution in [2.24, 2.45) is 0 Å². The number of hydrogen-bond donors (Lipinski definition) is 0. The Morgan fingerprint density at radius 2 is 0.642 bits per heavy atom. The normalized spacial score (nSPS) is 11.0. The van der Waals surface area contributed by atoms with E-state index in [1.807, 2.05) is 0 Å². The number of para-hydroxylation sites is 1. The van der Waals surface area contributed by atoms with Crippen LogP contribution >= 0.6 is 0 Å². The first-order chi connectivity index (χ1) is 26.3. The van der Waals surface area contributed by atoms with E-state index < -0.39 is 0 Å². The molecule has 0 aromatic heterocycles. The van der Waals surface area contributed by atoms with Crippen LogP contribution in [0.2, 0.25) is 0 Å². The Balaban J connectivity index is 1.05. The fraction of sp³-hybridized carbons (Fsp3) is 0. The Hall–Kier alpha value is -6.96. The van der Waals surface area contributed by atoms with Crippen LogP contribution in [0.4, 0.5) is 17.1 Å². The van der Waals surface area contributed by atoms with E-state index in [1.165, 1.54) is 66.4 Å². The van der Waals surface area contributed by atoms with E-state index in [-0.39, 0.29) is 0 Å². The van der Waals surface area contributed by atoms with Crippen LogP contribution in [0.5, 0.6) is 0 Å². The van der Waals surface area contributed by atoms with Gasteiger partial charge in [-0.15, -0.1) is 0 Å². The number of hydrogen-bond acceptors (Lipinski definition) is 1. The number of benzene rings is 9. The first-order valence-corrected chi connectivity index (χ1v) is 18.2. The fourth-order valence-electron chi connectivity index (χ4n) is 7.39. The lowest BCUT2D eigenvalue weighted by molar-refractivity contribution is 1.28. The van der Waals surface area contributed by atoms with Crippen molar-refractivity contribution in [2.45, 2.75) is 0 Å². The molecular weight excluding hydrogens is 639 g/mol. The molecule has 0 N–H and O–H groups in total. The summed E-state index contributed by atoms with van der Waals surface area (Å²) < 4.78 is 0. The van der Waals surface area contributed by atoms with Crippen molar-refractivity contribution in [1.29, 1.82) is 0 Å². The van der Waals surface area contributed by atoms with Crippen LogP contribution < -0.4 is 4.90 Å². The Morgan fingerprint density at radius 1 is 0.226 bits per heavy atom. The molecule has 0 saturated heterocycles. The molecule has 250 valence electrons. The minimum Gasteiger partial charge on any atom is -0.311 e. The predicted octanol–water partition coefficient (Wildman–Crippen LogP) is 14.6. The molecule has 0 aliphatic carbocycles. The highest BCUT2D eigenvalue weighted by molar-refractivity contribution is 6.01. The van der Waals surface area contributed by atoms with Crippen molar-refractivity contribution < 1.29 is 0 Å². The van der Waals surface area contributed by atoms with Gasteiger partial charge in [-0.1, -0.05) is 182 Å². The van der Waals surface area contributed by atoms with Crippen molar-refractivity contribution in [2.75, 3.05) is 4.90 Å². The predicted molar refractivity (Wildman–Crippen MR) is 226 cm³/mol. The van der Waals surface area contributed by atoms with Gasteiger partial charge in [0.25, 0.3) is 0 Å². The van der Waals surface area contributed by atoms with Crippen LogP contribution in [0.15, 0.2) is 224 Å². The highest BCUT2D eigenvalue weighted by atomic mass is 15.1. The van der Waals surface area contributed by atoms with Gasteiger partial charge < -0.3 is 4.90 Å². The van der Waals surface area contributed by atoms with Gasteiger partial charge in [-0.2, -0.15) is 0 Å². The Kier molecular flexibility index (Phi) is 8.66. The fourth-order valence-corrected chi connectivity index (χ4v) is 7.39. The van der Waals surface area contributed by atoms with Gasteiger partial charge in [-0.3, -0.25) is 0 Å². The molecule has 9 rings (SSSR count). The summed E-state index contributed by atoms with van der Waals surface area (Å²) in [6.07, 6.45) is 0. The van der Waals surface area contributed by atoms with E-state index in [0.29, 0.717) is 0 Å². The van der Waals surface area contributed by atoms with Crippen molar-refractivity contribution in [3.63, 3.8) is 0 Å². The van der Waals surface area contributed by atoms with E-state index in [4.69, 9.17) is 0 Å². The van der Waals surface area contributed by atoms with Gasteiger partial charge in [0.2, 0.25) is 0 Å². The highest BCUT2D eigenvalue weighted by Crippen LogP contribution is 2.40. The summed E-state index contributed by atoms with van der Waals surface area (Å²) in [7, 11) is 0. The Bertz CT molecular complexity index is 2600. The van der Waals surface area contributed by atoms with Crippen molar-refractivity contribution in [1.82, 2.24) is 0 Å². The molecule has 0 saturated carbocycles. The summed E-state index contributed by atoms with van der Waals surface area (Å²) in [5, 5.41) is 2.51. The molecule has 0 bridgehead atoms. The molecule has 0 radical (unpaired) electrons. The zero-order valence-electron chi connectivity index (χ0n) is 29.3. The van der Waals surface area contributed by atoms with Crippen LogP contribution in [0.25, 0.3) is 66.4 Å². The molecule has 0 amide bonds. The molecule has 9 aromatic carbocycles. The second-order valence-electron chi connectivity index (χ2n) is 13.4. The second kappa shape index (κ2) is 14.3. The minimum absolute atomic E-state index is 1.11. The van der Waals surface area contributed by atoms with E-state index in [2.05, 4.69) is 229 Å². The standard InChI is InChI=1S/C52H37N/c1-4-13-38(14-5-1)39-23-25-40(26-24-39)41-27-32-47(33-28-41)53(46-19-8-3-9-20-46)48-34-29-42(30-35-48)45-31-36-51(52(37-45)44-15-6-2-7-16-44)50-22-12-18-43-17-10-11-21-49(43)50/h1-37H. The summed E-state index contributed by atoms with van der Waals surface area (Å²) in [4.78, 5) is 2.32. The lowest BCUT2D eigenvalue weighted by Gasteiger charge is -2.26. The molecule has 1 nitrogen and oxygen atoms in total. The van der Waals surface area contributed by atoms with Gasteiger partial charge in [0, 0.05) is 17.1 Å². The summed E-state index contributed by atoms with van der Waals surface area (Å²) >= 11 is 0. The third-order valence-corrected chi connectivity index (χ3v) is 10.1. The molecule has 0 heterocycles. The van der Waals surface area contributed by atoms with Crippen LogP contribution in [0, 0.1) is 0 Å². The maximum Gasteiger partial charge on any atom is 0.0462 e. The first kappa shape index (κ1) is 32.0. The van der Waals surface area contributed by atoms with E-state index in [0.717, 1.165) is 17.1 Å². The summed E-state index contributed by atoms with van der Waals surface area (Å²) in [6.45, 7) is 0. The topological polar surface area (TPSA) is 3.24 Å². The largest absolute Gasteiger partial charge is 0.311 e. The first-order valence-electron chi connectivity index (χ1n) is 18.2. The molecule has 0 aliphatic rings. The molecule has 1 heteroatoms. The second-order valence-corrected chi connectivity index (χ2v) is 13.4. The molecular formula is C52H37N. The number of fused-ring (bicyclic) bond motifs is 1. The smallest absolute Gasteiger partial charge is 0.0462 e. The van der Waals surface area contributed by atoms with Gasteiger partial charge >= 0.3 is 0 Å². The minimum atomic E-state index is 1.11.